The van der Waals surface area contributed by atoms with E-state index in [-0.39, 0.29) is 0 Å². The Balaban J connectivity index is 1.50. The summed E-state index contributed by atoms with van der Waals surface area (Å²) in [6, 6.07) is 17.4. The summed E-state index contributed by atoms with van der Waals surface area (Å²) in [5, 5.41) is 0.425. The largest absolute Gasteiger partial charge is 0.494 e. The van der Waals surface area contributed by atoms with Gasteiger partial charge in [-0.25, -0.2) is 9.37 Å². The first-order valence-electron chi connectivity index (χ1n) is 12.3. The highest BCUT2D eigenvalue weighted by Crippen LogP contribution is 2.34. The molecule has 0 spiro atoms. The molecule has 6 heteroatoms. The minimum absolute atomic E-state index is 0.399. The molecule has 0 saturated carbocycles. The van der Waals surface area contributed by atoms with Crippen LogP contribution in [-0.4, -0.2) is 11.6 Å². The Bertz CT molecular complexity index is 1330. The van der Waals surface area contributed by atoms with E-state index in [9.17, 15) is 13.2 Å². The second-order valence-corrected chi connectivity index (χ2v) is 9.04. The van der Waals surface area contributed by atoms with E-state index in [1.165, 1.54) is 31.4 Å². The van der Waals surface area contributed by atoms with Crippen molar-refractivity contribution >= 4 is 10.9 Å². The lowest BCUT2D eigenvalue weighted by atomic mass is 9.99. The van der Waals surface area contributed by atoms with Gasteiger partial charge in [0.25, 0.3) is 0 Å². The van der Waals surface area contributed by atoms with Gasteiger partial charge in [-0.15, -0.1) is 0 Å². The molecule has 2 nitrogen and oxygen atoms in total. The van der Waals surface area contributed by atoms with Crippen molar-refractivity contribution in [1.82, 2.24) is 4.98 Å². The Labute approximate surface area is 209 Å². The Hall–Kier alpha value is -3.41. The molecule has 0 saturated heterocycles. The van der Waals surface area contributed by atoms with Crippen molar-refractivity contribution in [3.8, 4) is 28.1 Å². The number of alkyl halides is 3. The van der Waals surface area contributed by atoms with Crippen LogP contribution in [0.1, 0.15) is 50.2 Å². The number of aryl methyl sites for hydroxylation is 1. The number of halogens is 4. The van der Waals surface area contributed by atoms with Gasteiger partial charge in [0.05, 0.1) is 23.4 Å². The molecule has 0 aliphatic carbocycles. The van der Waals surface area contributed by atoms with Gasteiger partial charge in [-0.2, -0.15) is 13.2 Å². The van der Waals surface area contributed by atoms with Crippen molar-refractivity contribution in [3.63, 3.8) is 0 Å². The number of hydrogen-bond donors (Lipinski definition) is 0. The van der Waals surface area contributed by atoms with Crippen molar-refractivity contribution in [1.29, 1.82) is 0 Å². The number of hydrogen-bond acceptors (Lipinski definition) is 2. The van der Waals surface area contributed by atoms with Crippen LogP contribution in [0.25, 0.3) is 33.3 Å². The van der Waals surface area contributed by atoms with Gasteiger partial charge >= 0.3 is 6.18 Å². The molecule has 0 N–H and O–H groups in total. The molecule has 1 aromatic heterocycles. The van der Waals surface area contributed by atoms with E-state index < -0.39 is 17.6 Å². The summed E-state index contributed by atoms with van der Waals surface area (Å²) in [5.41, 5.74) is 2.62. The zero-order valence-electron chi connectivity index (χ0n) is 20.5. The van der Waals surface area contributed by atoms with Gasteiger partial charge < -0.3 is 4.74 Å². The molecule has 0 aliphatic heterocycles. The summed E-state index contributed by atoms with van der Waals surface area (Å²) in [7, 11) is 0. The van der Waals surface area contributed by atoms with Crippen molar-refractivity contribution in [2.75, 3.05) is 6.61 Å². The molecule has 0 fully saturated rings. The summed E-state index contributed by atoms with van der Waals surface area (Å²) in [4.78, 5) is 4.49. The Morgan fingerprint density at radius 3 is 2.22 bits per heavy atom. The number of unbranched alkanes of at least 4 members (excludes halogenated alkanes) is 4. The van der Waals surface area contributed by atoms with Crippen LogP contribution in [0.5, 0.6) is 5.75 Å². The number of aromatic nitrogens is 1. The molecule has 0 bridgehead atoms. The van der Waals surface area contributed by atoms with Gasteiger partial charge in [0, 0.05) is 16.5 Å². The Morgan fingerprint density at radius 2 is 1.53 bits per heavy atom. The number of fused-ring (bicyclic) bond motifs is 1. The Kier molecular flexibility index (Phi) is 7.92. The first-order valence-corrected chi connectivity index (χ1v) is 12.3. The predicted molar refractivity (Wildman–Crippen MR) is 137 cm³/mol. The average molecular weight is 496 g/mol. The lowest BCUT2D eigenvalue weighted by Gasteiger charge is -2.12. The van der Waals surface area contributed by atoms with Crippen LogP contribution in [0, 0.1) is 12.7 Å². The molecule has 0 radical (unpaired) electrons. The molecule has 0 atom stereocenters. The normalized spacial score (nSPS) is 11.7. The number of nitrogens with zero attached hydrogens (tertiary/aromatic N) is 1. The quantitative estimate of drug-likeness (QED) is 0.170. The molecule has 0 amide bonds. The van der Waals surface area contributed by atoms with Gasteiger partial charge in [-0.3, -0.25) is 0 Å². The fraction of sp³-hybridized carbons (Fsp3) is 0.300. The van der Waals surface area contributed by atoms with Crippen LogP contribution in [0.3, 0.4) is 0 Å². The number of ether oxygens (including phenoxy) is 1. The fourth-order valence-electron chi connectivity index (χ4n) is 4.25. The van der Waals surface area contributed by atoms with Crippen molar-refractivity contribution < 1.29 is 22.3 Å². The molecular formula is C30H29F4NO. The number of benzene rings is 3. The van der Waals surface area contributed by atoms with Crippen LogP contribution in [0.2, 0.25) is 0 Å². The smallest absolute Gasteiger partial charge is 0.416 e. The van der Waals surface area contributed by atoms with Gasteiger partial charge in [0.2, 0.25) is 0 Å². The topological polar surface area (TPSA) is 22.1 Å². The summed E-state index contributed by atoms with van der Waals surface area (Å²) < 4.78 is 60.1. The lowest BCUT2D eigenvalue weighted by Crippen LogP contribution is -2.04. The summed E-state index contributed by atoms with van der Waals surface area (Å²) >= 11 is 0. The summed E-state index contributed by atoms with van der Waals surface area (Å²) in [6.45, 7) is 4.59. The predicted octanol–water partition coefficient (Wildman–Crippen LogP) is 9.38. The zero-order valence-corrected chi connectivity index (χ0v) is 20.5. The monoisotopic (exact) mass is 495 g/mol. The molecule has 4 rings (SSSR count). The molecule has 3 aromatic carbocycles. The van der Waals surface area contributed by atoms with Crippen LogP contribution in [-0.2, 0) is 6.18 Å². The minimum atomic E-state index is -4.42. The van der Waals surface area contributed by atoms with Gasteiger partial charge in [0.15, 0.2) is 0 Å². The van der Waals surface area contributed by atoms with Gasteiger partial charge in [-0.05, 0) is 66.9 Å². The van der Waals surface area contributed by atoms with Crippen molar-refractivity contribution in [3.05, 3.63) is 83.7 Å². The van der Waals surface area contributed by atoms with Crippen molar-refractivity contribution in [2.24, 2.45) is 0 Å². The highest BCUT2D eigenvalue weighted by molar-refractivity contribution is 5.86. The maximum absolute atomic E-state index is 15.1. The molecule has 0 aliphatic rings. The lowest BCUT2D eigenvalue weighted by molar-refractivity contribution is -0.137. The Morgan fingerprint density at radius 1 is 0.806 bits per heavy atom. The van der Waals surface area contributed by atoms with E-state index in [4.69, 9.17) is 4.74 Å². The third-order valence-electron chi connectivity index (χ3n) is 6.29. The molecule has 4 aromatic rings. The second-order valence-electron chi connectivity index (χ2n) is 9.04. The fourth-order valence-corrected chi connectivity index (χ4v) is 4.25. The second kappa shape index (κ2) is 11.1. The van der Waals surface area contributed by atoms with E-state index in [0.717, 1.165) is 36.3 Å². The SMILES string of the molecule is CCCCCCCOc1ccc(-c2ccc(-c3cc(C)c4cc(C(F)(F)F)ccc4n3)cc2F)cc1. The molecular weight excluding hydrogens is 466 g/mol. The van der Waals surface area contributed by atoms with E-state index in [1.54, 1.807) is 25.1 Å². The van der Waals surface area contributed by atoms with Crippen LogP contribution < -0.4 is 4.74 Å². The van der Waals surface area contributed by atoms with Gasteiger partial charge in [0.1, 0.15) is 11.6 Å². The first-order chi connectivity index (χ1) is 17.3. The number of rotatable bonds is 9. The highest BCUT2D eigenvalue weighted by Gasteiger charge is 2.30. The molecule has 188 valence electrons. The van der Waals surface area contributed by atoms with Crippen LogP contribution in [0.15, 0.2) is 66.7 Å². The third kappa shape index (κ3) is 6.04. The highest BCUT2D eigenvalue weighted by atomic mass is 19.4. The molecule has 36 heavy (non-hydrogen) atoms. The van der Waals surface area contributed by atoms with Crippen molar-refractivity contribution in [2.45, 2.75) is 52.1 Å². The zero-order chi connectivity index (χ0) is 25.7. The van der Waals surface area contributed by atoms with Gasteiger partial charge in [-0.1, -0.05) is 56.9 Å². The van der Waals surface area contributed by atoms with E-state index in [1.807, 2.05) is 24.3 Å². The van der Waals surface area contributed by atoms with Crippen LogP contribution >= 0.6 is 0 Å². The van der Waals surface area contributed by atoms with Crippen LogP contribution in [0.4, 0.5) is 17.6 Å². The maximum Gasteiger partial charge on any atom is 0.416 e. The maximum atomic E-state index is 15.1. The summed E-state index contributed by atoms with van der Waals surface area (Å²) in [5.74, 6) is 0.361. The number of pyridine rings is 1. The first kappa shape index (κ1) is 25.7. The molecule has 0 unspecified atom stereocenters. The van der Waals surface area contributed by atoms with E-state index in [0.29, 0.717) is 39.9 Å². The third-order valence-corrected chi connectivity index (χ3v) is 6.29. The summed E-state index contributed by atoms with van der Waals surface area (Å²) in [6.07, 6.45) is 1.44. The standard InChI is InChI=1S/C30H29F4NO/c1-3-4-5-6-7-16-36-24-12-8-21(9-13-24)25-14-10-22(18-27(25)31)29-17-20(2)26-19-23(30(32,33)34)11-15-28(26)35-29/h8-15,17-19H,3-7,16H2,1-2H3. The minimum Gasteiger partial charge on any atom is -0.494 e. The molecule has 1 heterocycles. The van der Waals surface area contributed by atoms with E-state index in [2.05, 4.69) is 11.9 Å². The van der Waals surface area contributed by atoms with E-state index >= 15 is 4.39 Å². The average Bonchev–Trinajstić information content (AvgIpc) is 2.86.